The highest BCUT2D eigenvalue weighted by Gasteiger charge is 2.38. The lowest BCUT2D eigenvalue weighted by atomic mass is 10.2. The molecule has 0 unspecified atom stereocenters. The molecule has 1 atom stereocenters. The Balaban J connectivity index is 2.09. The van der Waals surface area contributed by atoms with E-state index in [4.69, 9.17) is 5.11 Å². The molecule has 8 nitrogen and oxygen atoms in total. The van der Waals surface area contributed by atoms with Crippen LogP contribution < -0.4 is 0 Å². The number of carboxylic acid groups (broad SMARTS) is 1. The summed E-state index contributed by atoms with van der Waals surface area (Å²) in [5.74, 6) is -2.33. The van der Waals surface area contributed by atoms with Crippen molar-refractivity contribution >= 4 is 26.0 Å². The van der Waals surface area contributed by atoms with Crippen LogP contribution in [0, 0.1) is 5.82 Å². The Morgan fingerprint density at radius 1 is 1.28 bits per heavy atom. The van der Waals surface area contributed by atoms with Crippen LogP contribution in [-0.2, 0) is 24.8 Å². The van der Waals surface area contributed by atoms with Crippen molar-refractivity contribution in [2.45, 2.75) is 23.8 Å². The van der Waals surface area contributed by atoms with E-state index in [0.717, 1.165) is 32.9 Å². The molecule has 0 radical (unpaired) electrons. The molecule has 1 aromatic carbocycles. The van der Waals surface area contributed by atoms with E-state index in [1.165, 1.54) is 7.05 Å². The van der Waals surface area contributed by atoms with Gasteiger partial charge in [-0.15, -0.1) is 0 Å². The second-order valence-electron chi connectivity index (χ2n) is 5.70. The first-order chi connectivity index (χ1) is 11.6. The van der Waals surface area contributed by atoms with E-state index in [2.05, 4.69) is 0 Å². The van der Waals surface area contributed by atoms with Crippen molar-refractivity contribution in [2.75, 3.05) is 25.9 Å². The molecule has 2 rings (SSSR count). The Kier molecular flexibility index (Phi) is 5.82. The average Bonchev–Trinajstić information content (AvgIpc) is 3.04. The van der Waals surface area contributed by atoms with Gasteiger partial charge in [-0.2, -0.15) is 8.61 Å². The van der Waals surface area contributed by atoms with Crippen LogP contribution >= 0.6 is 0 Å². The van der Waals surface area contributed by atoms with Crippen LogP contribution in [0.15, 0.2) is 29.2 Å². The normalized spacial score (nSPS) is 19.4. The van der Waals surface area contributed by atoms with E-state index in [-0.39, 0.29) is 24.4 Å². The van der Waals surface area contributed by atoms with Crippen molar-refractivity contribution in [3.8, 4) is 0 Å². The van der Waals surface area contributed by atoms with Crippen molar-refractivity contribution in [1.29, 1.82) is 0 Å². The zero-order valence-electron chi connectivity index (χ0n) is 13.5. The minimum absolute atomic E-state index is 0.105. The summed E-state index contributed by atoms with van der Waals surface area (Å²) < 4.78 is 64.1. The number of hydrogen-bond acceptors (Lipinski definition) is 5. The molecule has 140 valence electrons. The molecule has 25 heavy (non-hydrogen) atoms. The van der Waals surface area contributed by atoms with E-state index in [9.17, 15) is 26.0 Å². The quantitative estimate of drug-likeness (QED) is 0.713. The Bertz CT molecular complexity index is 839. The molecule has 1 aliphatic heterocycles. The van der Waals surface area contributed by atoms with Crippen molar-refractivity contribution in [1.82, 2.24) is 8.61 Å². The van der Waals surface area contributed by atoms with Gasteiger partial charge in [0.2, 0.25) is 20.0 Å². The van der Waals surface area contributed by atoms with Gasteiger partial charge in [0.05, 0.1) is 10.6 Å². The third-order valence-corrected chi connectivity index (χ3v) is 7.75. The van der Waals surface area contributed by atoms with Gasteiger partial charge in [-0.25, -0.2) is 21.2 Å². The van der Waals surface area contributed by atoms with E-state index in [1.54, 1.807) is 0 Å². The highest BCUT2D eigenvalue weighted by atomic mass is 32.2. The van der Waals surface area contributed by atoms with Crippen LogP contribution in [0.25, 0.3) is 0 Å². The smallest absolute Gasteiger partial charge is 0.322 e. The van der Waals surface area contributed by atoms with E-state index in [0.29, 0.717) is 6.42 Å². The van der Waals surface area contributed by atoms with Gasteiger partial charge in [0.15, 0.2) is 0 Å². The molecule has 1 aromatic rings. The summed E-state index contributed by atoms with van der Waals surface area (Å²) in [6.07, 6.45) is 0.679. The van der Waals surface area contributed by atoms with Crippen LogP contribution in [-0.4, -0.2) is 68.5 Å². The Labute approximate surface area is 146 Å². The Morgan fingerprint density at radius 2 is 1.88 bits per heavy atom. The highest BCUT2D eigenvalue weighted by Crippen LogP contribution is 2.22. The first-order valence-corrected chi connectivity index (χ1v) is 10.5. The number of aliphatic carboxylic acids is 1. The maximum Gasteiger partial charge on any atom is 0.322 e. The molecule has 1 aliphatic rings. The Hall–Kier alpha value is -1.56. The lowest BCUT2D eigenvalue weighted by molar-refractivity contribution is -0.140. The number of nitrogens with zero attached hydrogens (tertiary/aromatic N) is 2. The lowest BCUT2D eigenvalue weighted by Crippen LogP contribution is -2.43. The molecule has 0 saturated carbocycles. The number of benzene rings is 1. The summed E-state index contributed by atoms with van der Waals surface area (Å²) in [5, 5.41) is 9.08. The molecule has 1 saturated heterocycles. The largest absolute Gasteiger partial charge is 0.480 e. The minimum Gasteiger partial charge on any atom is -0.480 e. The van der Waals surface area contributed by atoms with Crippen molar-refractivity contribution in [2.24, 2.45) is 0 Å². The van der Waals surface area contributed by atoms with E-state index in [1.807, 2.05) is 0 Å². The van der Waals surface area contributed by atoms with Crippen LogP contribution in [0.1, 0.15) is 12.8 Å². The zero-order valence-corrected chi connectivity index (χ0v) is 15.1. The third kappa shape index (κ3) is 4.35. The second-order valence-corrected chi connectivity index (χ2v) is 9.79. The summed E-state index contributed by atoms with van der Waals surface area (Å²) in [7, 11) is -6.66. The summed E-state index contributed by atoms with van der Waals surface area (Å²) in [6, 6.07) is 3.08. The topological polar surface area (TPSA) is 112 Å². The number of rotatable bonds is 7. The van der Waals surface area contributed by atoms with Crippen molar-refractivity contribution in [3.63, 3.8) is 0 Å². The van der Waals surface area contributed by atoms with Gasteiger partial charge in [-0.05, 0) is 37.1 Å². The molecule has 1 N–H and O–H groups in total. The van der Waals surface area contributed by atoms with Crippen LogP contribution in [0.4, 0.5) is 4.39 Å². The number of halogens is 1. The molecule has 0 aliphatic carbocycles. The predicted octanol–water partition coefficient (Wildman–Crippen LogP) is 0.325. The van der Waals surface area contributed by atoms with Crippen LogP contribution in [0.3, 0.4) is 0 Å². The van der Waals surface area contributed by atoms with Crippen molar-refractivity contribution < 1.29 is 31.1 Å². The molecule has 0 spiro atoms. The fraction of sp³-hybridized carbons (Fsp3) is 0.500. The molecule has 0 bridgehead atoms. The molecule has 0 amide bonds. The van der Waals surface area contributed by atoms with E-state index >= 15 is 0 Å². The number of sulfonamides is 2. The summed E-state index contributed by atoms with van der Waals surface area (Å²) in [6.45, 7) is -0.237. The Morgan fingerprint density at radius 3 is 2.44 bits per heavy atom. The molecular formula is C14H19FN2O6S2. The van der Waals surface area contributed by atoms with Gasteiger partial charge < -0.3 is 5.11 Å². The highest BCUT2D eigenvalue weighted by molar-refractivity contribution is 7.90. The number of hydrogen-bond donors (Lipinski definition) is 1. The number of carboxylic acids is 1. The standard InChI is InChI=1S/C14H19FN2O6S2/c1-16(25(22,23)12-6-4-11(15)5-7-12)9-10-24(20,21)17-8-2-3-13(17)14(18)19/h4-7,13H,2-3,8-10H2,1H3,(H,18,19)/t13-/m0/s1. The molecule has 1 heterocycles. The lowest BCUT2D eigenvalue weighted by Gasteiger charge is -2.23. The first-order valence-electron chi connectivity index (χ1n) is 7.50. The number of carbonyl (C=O) groups is 1. The van der Waals surface area contributed by atoms with Crippen LogP contribution in [0.5, 0.6) is 0 Å². The maximum atomic E-state index is 12.9. The third-order valence-electron chi connectivity index (χ3n) is 4.03. The monoisotopic (exact) mass is 394 g/mol. The SMILES string of the molecule is CN(CCS(=O)(=O)N1CCC[C@H]1C(=O)O)S(=O)(=O)c1ccc(F)cc1. The first kappa shape index (κ1) is 19.8. The van der Waals surface area contributed by atoms with Gasteiger partial charge in [0.1, 0.15) is 11.9 Å². The fourth-order valence-electron chi connectivity index (χ4n) is 2.59. The molecule has 0 aromatic heterocycles. The molecule has 1 fully saturated rings. The van der Waals surface area contributed by atoms with Gasteiger partial charge in [0.25, 0.3) is 0 Å². The summed E-state index contributed by atoms with van der Waals surface area (Å²) in [4.78, 5) is 11.0. The average molecular weight is 394 g/mol. The summed E-state index contributed by atoms with van der Waals surface area (Å²) in [5.41, 5.74) is 0. The minimum atomic E-state index is -3.96. The van der Waals surface area contributed by atoms with Crippen LogP contribution in [0.2, 0.25) is 0 Å². The van der Waals surface area contributed by atoms with Gasteiger partial charge >= 0.3 is 5.97 Å². The van der Waals surface area contributed by atoms with Gasteiger partial charge in [-0.1, -0.05) is 0 Å². The zero-order chi connectivity index (χ0) is 18.8. The molecular weight excluding hydrogens is 375 g/mol. The molecule has 11 heteroatoms. The van der Waals surface area contributed by atoms with Gasteiger partial charge in [-0.3, -0.25) is 4.79 Å². The second kappa shape index (κ2) is 7.36. The van der Waals surface area contributed by atoms with Gasteiger partial charge in [0, 0.05) is 20.1 Å². The summed E-state index contributed by atoms with van der Waals surface area (Å²) >= 11 is 0. The van der Waals surface area contributed by atoms with Crippen molar-refractivity contribution in [3.05, 3.63) is 30.1 Å². The van der Waals surface area contributed by atoms with E-state index < -0.39 is 43.6 Å². The fourth-order valence-corrected chi connectivity index (χ4v) is 5.60. The predicted molar refractivity (Wildman–Crippen MR) is 87.4 cm³/mol. The maximum absolute atomic E-state index is 12.9.